The molecule has 1 aromatic heterocycles. The predicted molar refractivity (Wildman–Crippen MR) is 75.3 cm³/mol. The predicted octanol–water partition coefficient (Wildman–Crippen LogP) is 2.87. The zero-order valence-electron chi connectivity index (χ0n) is 10.5. The molecule has 0 saturated heterocycles. The Hall–Kier alpha value is -1.95. The van der Waals surface area contributed by atoms with Gasteiger partial charge in [0.1, 0.15) is 16.6 Å². The van der Waals surface area contributed by atoms with E-state index in [4.69, 9.17) is 5.11 Å². The highest BCUT2D eigenvalue weighted by Gasteiger charge is 2.16. The van der Waals surface area contributed by atoms with E-state index in [1.54, 1.807) is 5.51 Å². The number of hydrogen-bond acceptors (Lipinski definition) is 5. The van der Waals surface area contributed by atoms with Gasteiger partial charge in [-0.1, -0.05) is 36.8 Å². The minimum atomic E-state index is -0.830. The van der Waals surface area contributed by atoms with Crippen molar-refractivity contribution in [3.63, 3.8) is 0 Å². The molecule has 0 aliphatic carbocycles. The van der Waals surface area contributed by atoms with Crippen LogP contribution in [0.5, 0.6) is 0 Å². The first kappa shape index (κ1) is 13.5. The van der Waals surface area contributed by atoms with Crippen molar-refractivity contribution >= 4 is 23.0 Å². The Morgan fingerprint density at radius 1 is 1.53 bits per heavy atom. The van der Waals surface area contributed by atoms with Gasteiger partial charge in [-0.3, -0.25) is 0 Å². The van der Waals surface area contributed by atoms with Gasteiger partial charge in [-0.2, -0.15) is 0 Å². The molecule has 2 rings (SSSR count). The van der Waals surface area contributed by atoms with Gasteiger partial charge in [0, 0.05) is 11.3 Å². The number of rotatable bonds is 6. The first-order chi connectivity index (χ1) is 9.20. The lowest BCUT2D eigenvalue weighted by molar-refractivity contribution is -0.138. The standard InChI is InChI=1S/C13H15N3O2S/c1-2-4-11(13(17)18)15-10-6-3-5-9(7-10)12-16-14-8-19-12/h3,5-8,11,15H,2,4H2,1H3,(H,17,18). The Morgan fingerprint density at radius 3 is 3.00 bits per heavy atom. The van der Waals surface area contributed by atoms with Crippen molar-refractivity contribution in [1.29, 1.82) is 0 Å². The van der Waals surface area contributed by atoms with Crippen LogP contribution in [-0.2, 0) is 4.79 Å². The van der Waals surface area contributed by atoms with E-state index in [0.29, 0.717) is 6.42 Å². The molecule has 0 bridgehead atoms. The molecule has 0 fully saturated rings. The molecule has 5 nitrogen and oxygen atoms in total. The molecule has 100 valence electrons. The van der Waals surface area contributed by atoms with Gasteiger partial charge in [0.25, 0.3) is 0 Å². The molecule has 0 radical (unpaired) electrons. The van der Waals surface area contributed by atoms with E-state index in [-0.39, 0.29) is 0 Å². The number of nitrogens with zero attached hydrogens (tertiary/aromatic N) is 2. The molecule has 0 saturated carbocycles. The van der Waals surface area contributed by atoms with E-state index in [9.17, 15) is 4.79 Å². The molecule has 0 spiro atoms. The van der Waals surface area contributed by atoms with Crippen molar-refractivity contribution in [1.82, 2.24) is 10.2 Å². The largest absolute Gasteiger partial charge is 0.480 e. The molecule has 19 heavy (non-hydrogen) atoms. The number of anilines is 1. The Kier molecular flexibility index (Phi) is 4.46. The highest BCUT2D eigenvalue weighted by atomic mass is 32.1. The summed E-state index contributed by atoms with van der Waals surface area (Å²) in [4.78, 5) is 11.1. The van der Waals surface area contributed by atoms with Crippen LogP contribution < -0.4 is 5.32 Å². The summed E-state index contributed by atoms with van der Waals surface area (Å²) >= 11 is 1.45. The molecule has 6 heteroatoms. The molecular formula is C13H15N3O2S. The van der Waals surface area contributed by atoms with Gasteiger partial charge in [0.05, 0.1) is 0 Å². The maximum absolute atomic E-state index is 11.1. The van der Waals surface area contributed by atoms with Crippen molar-refractivity contribution in [2.24, 2.45) is 0 Å². The SMILES string of the molecule is CCCC(Nc1cccc(-c2nncs2)c1)C(=O)O. The van der Waals surface area contributed by atoms with Crippen molar-refractivity contribution in [2.75, 3.05) is 5.32 Å². The second-order valence-electron chi connectivity index (χ2n) is 4.15. The fourth-order valence-electron chi connectivity index (χ4n) is 1.79. The summed E-state index contributed by atoms with van der Waals surface area (Å²) < 4.78 is 0. The smallest absolute Gasteiger partial charge is 0.326 e. The molecule has 2 aromatic rings. The van der Waals surface area contributed by atoms with Crippen LogP contribution in [0.15, 0.2) is 29.8 Å². The van der Waals surface area contributed by atoms with Crippen LogP contribution in [0.2, 0.25) is 0 Å². The van der Waals surface area contributed by atoms with Crippen LogP contribution in [0.1, 0.15) is 19.8 Å². The number of aromatic nitrogens is 2. The van der Waals surface area contributed by atoms with Gasteiger partial charge in [-0.05, 0) is 18.6 Å². The zero-order valence-corrected chi connectivity index (χ0v) is 11.4. The molecule has 1 heterocycles. The van der Waals surface area contributed by atoms with Crippen molar-refractivity contribution in [3.8, 4) is 10.6 Å². The number of carboxylic acid groups (broad SMARTS) is 1. The van der Waals surface area contributed by atoms with Crippen LogP contribution in [-0.4, -0.2) is 27.3 Å². The van der Waals surface area contributed by atoms with Crippen LogP contribution in [0.25, 0.3) is 10.6 Å². The van der Waals surface area contributed by atoms with E-state index >= 15 is 0 Å². The number of hydrogen-bond donors (Lipinski definition) is 2. The lowest BCUT2D eigenvalue weighted by Crippen LogP contribution is -2.28. The molecule has 1 unspecified atom stereocenters. The van der Waals surface area contributed by atoms with E-state index in [1.807, 2.05) is 31.2 Å². The van der Waals surface area contributed by atoms with Crippen LogP contribution >= 0.6 is 11.3 Å². The molecule has 1 aromatic carbocycles. The number of carbonyl (C=O) groups is 1. The number of nitrogens with one attached hydrogen (secondary N) is 1. The fraction of sp³-hybridized carbons (Fsp3) is 0.308. The summed E-state index contributed by atoms with van der Waals surface area (Å²) in [6.07, 6.45) is 1.42. The van der Waals surface area contributed by atoms with Gasteiger partial charge < -0.3 is 10.4 Å². The maximum Gasteiger partial charge on any atom is 0.326 e. The second-order valence-corrected chi connectivity index (χ2v) is 4.98. The molecule has 0 amide bonds. The van der Waals surface area contributed by atoms with Crippen molar-refractivity contribution < 1.29 is 9.90 Å². The number of benzene rings is 1. The first-order valence-electron chi connectivity index (χ1n) is 6.06. The summed E-state index contributed by atoms with van der Waals surface area (Å²) in [6, 6.07) is 7.00. The van der Waals surface area contributed by atoms with Gasteiger partial charge in [0.15, 0.2) is 0 Å². The van der Waals surface area contributed by atoms with Gasteiger partial charge in [0.2, 0.25) is 0 Å². The van der Waals surface area contributed by atoms with Crippen LogP contribution in [0.3, 0.4) is 0 Å². The third-order valence-electron chi connectivity index (χ3n) is 2.69. The number of aliphatic carboxylic acids is 1. The second kappa shape index (κ2) is 6.29. The topological polar surface area (TPSA) is 75.1 Å². The Balaban J connectivity index is 2.17. The minimum absolute atomic E-state index is 0.560. The Morgan fingerprint density at radius 2 is 2.37 bits per heavy atom. The van der Waals surface area contributed by atoms with Crippen molar-refractivity contribution in [3.05, 3.63) is 29.8 Å². The monoisotopic (exact) mass is 277 g/mol. The van der Waals surface area contributed by atoms with Crippen LogP contribution in [0, 0.1) is 0 Å². The van der Waals surface area contributed by atoms with Crippen LogP contribution in [0.4, 0.5) is 5.69 Å². The molecule has 1 atom stereocenters. The summed E-state index contributed by atoms with van der Waals surface area (Å²) in [5, 5.41) is 20.8. The lowest BCUT2D eigenvalue weighted by atomic mass is 10.1. The van der Waals surface area contributed by atoms with Gasteiger partial charge >= 0.3 is 5.97 Å². The minimum Gasteiger partial charge on any atom is -0.480 e. The average molecular weight is 277 g/mol. The third-order valence-corrected chi connectivity index (χ3v) is 3.43. The fourth-order valence-corrected chi connectivity index (χ4v) is 2.34. The Labute approximate surface area is 115 Å². The van der Waals surface area contributed by atoms with Crippen molar-refractivity contribution in [2.45, 2.75) is 25.8 Å². The maximum atomic E-state index is 11.1. The first-order valence-corrected chi connectivity index (χ1v) is 6.94. The van der Waals surface area contributed by atoms with E-state index in [0.717, 1.165) is 22.7 Å². The van der Waals surface area contributed by atoms with Gasteiger partial charge in [-0.25, -0.2) is 4.79 Å². The van der Waals surface area contributed by atoms with Gasteiger partial charge in [-0.15, -0.1) is 10.2 Å². The zero-order chi connectivity index (χ0) is 13.7. The summed E-state index contributed by atoms with van der Waals surface area (Å²) in [5.74, 6) is -0.830. The molecule has 2 N–H and O–H groups in total. The lowest BCUT2D eigenvalue weighted by Gasteiger charge is -2.15. The summed E-state index contributed by atoms with van der Waals surface area (Å²) in [7, 11) is 0. The normalized spacial score (nSPS) is 12.1. The summed E-state index contributed by atoms with van der Waals surface area (Å²) in [6.45, 7) is 1.97. The third kappa shape index (κ3) is 3.51. The summed E-state index contributed by atoms with van der Waals surface area (Å²) in [5.41, 5.74) is 3.40. The van der Waals surface area contributed by atoms with E-state index in [2.05, 4.69) is 15.5 Å². The Bertz CT molecular complexity index is 543. The molecular weight excluding hydrogens is 262 g/mol. The highest BCUT2D eigenvalue weighted by molar-refractivity contribution is 7.12. The highest BCUT2D eigenvalue weighted by Crippen LogP contribution is 2.24. The molecule has 0 aliphatic rings. The quantitative estimate of drug-likeness (QED) is 0.849. The van der Waals surface area contributed by atoms with E-state index < -0.39 is 12.0 Å². The van der Waals surface area contributed by atoms with E-state index in [1.165, 1.54) is 11.3 Å². The number of carboxylic acids is 1. The average Bonchev–Trinajstić information content (AvgIpc) is 2.92. The molecule has 0 aliphatic heterocycles.